The first kappa shape index (κ1) is 16.0. The molecule has 25 heavy (non-hydrogen) atoms. The Kier molecular flexibility index (Phi) is 4.11. The number of rotatable bonds is 5. The maximum atomic E-state index is 12.4. The van der Waals surface area contributed by atoms with Gasteiger partial charge in [-0.3, -0.25) is 4.79 Å². The van der Waals surface area contributed by atoms with Crippen LogP contribution in [0, 0.1) is 5.92 Å². The first-order chi connectivity index (χ1) is 12.1. The van der Waals surface area contributed by atoms with E-state index >= 15 is 0 Å². The summed E-state index contributed by atoms with van der Waals surface area (Å²) in [6.07, 6.45) is 0.860. The Bertz CT molecular complexity index is 783. The molecule has 6 heteroatoms. The SMILES string of the molecule is CC(C)c1cc(CNC(=O)[C@@H]2C[C@@H]2c2ccc3c(c2)OCCO3)on1. The van der Waals surface area contributed by atoms with Crippen molar-refractivity contribution in [2.45, 2.75) is 38.6 Å². The maximum absolute atomic E-state index is 12.4. The van der Waals surface area contributed by atoms with E-state index in [-0.39, 0.29) is 17.7 Å². The average Bonchev–Trinajstić information content (AvgIpc) is 3.28. The van der Waals surface area contributed by atoms with E-state index < -0.39 is 0 Å². The molecule has 132 valence electrons. The summed E-state index contributed by atoms with van der Waals surface area (Å²) in [6, 6.07) is 7.85. The van der Waals surface area contributed by atoms with E-state index in [1.807, 2.05) is 24.3 Å². The third-order valence-electron chi connectivity index (χ3n) is 4.73. The lowest BCUT2D eigenvalue weighted by Crippen LogP contribution is -2.24. The van der Waals surface area contributed by atoms with Crippen molar-refractivity contribution in [1.29, 1.82) is 0 Å². The van der Waals surface area contributed by atoms with E-state index in [1.165, 1.54) is 0 Å². The minimum Gasteiger partial charge on any atom is -0.486 e. The molecule has 1 N–H and O–H groups in total. The van der Waals surface area contributed by atoms with Gasteiger partial charge >= 0.3 is 0 Å². The summed E-state index contributed by atoms with van der Waals surface area (Å²) in [5.74, 6) is 2.87. The zero-order valence-corrected chi connectivity index (χ0v) is 14.5. The molecule has 0 radical (unpaired) electrons. The van der Waals surface area contributed by atoms with Crippen molar-refractivity contribution >= 4 is 5.91 Å². The number of aromatic nitrogens is 1. The minimum absolute atomic E-state index is 0.00931. The molecule has 1 aliphatic heterocycles. The van der Waals surface area contributed by atoms with Crippen molar-refractivity contribution in [2.24, 2.45) is 5.92 Å². The van der Waals surface area contributed by atoms with Gasteiger partial charge in [-0.15, -0.1) is 0 Å². The van der Waals surface area contributed by atoms with Crippen molar-refractivity contribution in [1.82, 2.24) is 10.5 Å². The number of carbonyl (C=O) groups excluding carboxylic acids is 1. The van der Waals surface area contributed by atoms with Crippen LogP contribution in [0.15, 0.2) is 28.8 Å². The van der Waals surface area contributed by atoms with Crippen LogP contribution >= 0.6 is 0 Å². The molecule has 0 unspecified atom stereocenters. The Morgan fingerprint density at radius 3 is 2.80 bits per heavy atom. The van der Waals surface area contributed by atoms with Crippen molar-refractivity contribution < 1.29 is 18.8 Å². The lowest BCUT2D eigenvalue weighted by Gasteiger charge is -2.18. The molecule has 2 heterocycles. The Hall–Kier alpha value is -2.50. The summed E-state index contributed by atoms with van der Waals surface area (Å²) < 4.78 is 16.4. The first-order valence-electron chi connectivity index (χ1n) is 8.74. The van der Waals surface area contributed by atoms with Gasteiger partial charge < -0.3 is 19.3 Å². The largest absolute Gasteiger partial charge is 0.486 e. The highest BCUT2D eigenvalue weighted by atomic mass is 16.6. The molecule has 2 atom stereocenters. The lowest BCUT2D eigenvalue weighted by atomic mass is 10.1. The average molecular weight is 342 g/mol. The molecule has 1 aromatic carbocycles. The van der Waals surface area contributed by atoms with Crippen LogP contribution in [-0.2, 0) is 11.3 Å². The number of fused-ring (bicyclic) bond motifs is 1. The van der Waals surface area contributed by atoms with Gasteiger partial charge in [-0.05, 0) is 36.0 Å². The Labute approximate surface area is 146 Å². The van der Waals surface area contributed by atoms with Crippen LogP contribution in [0.25, 0.3) is 0 Å². The fourth-order valence-corrected chi connectivity index (χ4v) is 3.13. The van der Waals surface area contributed by atoms with Crippen LogP contribution in [0.1, 0.15) is 49.1 Å². The van der Waals surface area contributed by atoms with Crippen LogP contribution in [-0.4, -0.2) is 24.3 Å². The molecule has 1 aliphatic carbocycles. The predicted molar refractivity (Wildman–Crippen MR) is 90.7 cm³/mol. The number of amides is 1. The number of hydrogen-bond acceptors (Lipinski definition) is 5. The molecule has 0 spiro atoms. The number of benzene rings is 1. The quantitative estimate of drug-likeness (QED) is 0.904. The lowest BCUT2D eigenvalue weighted by molar-refractivity contribution is -0.122. The third kappa shape index (κ3) is 3.34. The number of nitrogens with one attached hydrogen (secondary N) is 1. The topological polar surface area (TPSA) is 73.6 Å². The maximum Gasteiger partial charge on any atom is 0.224 e. The Balaban J connectivity index is 1.33. The van der Waals surface area contributed by atoms with Crippen LogP contribution in [0.2, 0.25) is 0 Å². The second-order valence-electron chi connectivity index (χ2n) is 6.94. The van der Waals surface area contributed by atoms with Crippen LogP contribution in [0.3, 0.4) is 0 Å². The molecule has 1 fully saturated rings. The van der Waals surface area contributed by atoms with Crippen LogP contribution < -0.4 is 14.8 Å². The highest BCUT2D eigenvalue weighted by molar-refractivity contribution is 5.82. The van der Waals surface area contributed by atoms with Crippen molar-refractivity contribution in [2.75, 3.05) is 13.2 Å². The standard InChI is InChI=1S/C19H22N2O4/c1-11(2)16-8-13(25-21-16)10-20-19(22)15-9-14(15)12-3-4-17-18(7-12)24-6-5-23-17/h3-4,7-8,11,14-15H,5-6,9-10H2,1-2H3,(H,20,22)/t14-,15-/m1/s1. The second kappa shape index (κ2) is 6.43. The smallest absolute Gasteiger partial charge is 0.224 e. The summed E-state index contributed by atoms with van der Waals surface area (Å²) in [6.45, 7) is 5.65. The van der Waals surface area contributed by atoms with E-state index in [4.69, 9.17) is 14.0 Å². The number of nitrogens with zero attached hydrogens (tertiary/aromatic N) is 1. The highest BCUT2D eigenvalue weighted by Crippen LogP contribution is 2.49. The fraction of sp³-hybridized carbons (Fsp3) is 0.474. The van der Waals surface area contributed by atoms with Gasteiger partial charge in [-0.1, -0.05) is 25.1 Å². The monoisotopic (exact) mass is 342 g/mol. The van der Waals surface area contributed by atoms with Crippen molar-refractivity contribution in [3.8, 4) is 11.5 Å². The third-order valence-corrected chi connectivity index (χ3v) is 4.73. The number of carbonyl (C=O) groups is 1. The van der Waals surface area contributed by atoms with Crippen LogP contribution in [0.4, 0.5) is 0 Å². The molecular formula is C19H22N2O4. The molecule has 0 bridgehead atoms. The molecule has 6 nitrogen and oxygen atoms in total. The molecule has 2 aromatic rings. The second-order valence-corrected chi connectivity index (χ2v) is 6.94. The zero-order valence-electron chi connectivity index (χ0n) is 14.5. The van der Waals surface area contributed by atoms with E-state index in [9.17, 15) is 4.79 Å². The predicted octanol–water partition coefficient (Wildman–Crippen LogP) is 2.99. The Morgan fingerprint density at radius 2 is 2.04 bits per heavy atom. The Morgan fingerprint density at radius 1 is 1.24 bits per heavy atom. The van der Waals surface area contributed by atoms with Gasteiger partial charge in [0.1, 0.15) is 13.2 Å². The molecule has 2 aliphatic rings. The number of ether oxygens (including phenoxy) is 2. The van der Waals surface area contributed by atoms with Gasteiger partial charge in [0.15, 0.2) is 17.3 Å². The van der Waals surface area contributed by atoms with Gasteiger partial charge in [0.25, 0.3) is 0 Å². The summed E-state index contributed by atoms with van der Waals surface area (Å²) in [7, 11) is 0. The van der Waals surface area contributed by atoms with Gasteiger partial charge in [-0.2, -0.15) is 0 Å². The molecule has 4 rings (SSSR count). The highest BCUT2D eigenvalue weighted by Gasteiger charge is 2.44. The summed E-state index contributed by atoms with van der Waals surface area (Å²) in [4.78, 5) is 12.4. The van der Waals surface area contributed by atoms with Crippen molar-refractivity contribution in [3.05, 3.63) is 41.3 Å². The molecule has 1 amide bonds. The van der Waals surface area contributed by atoms with E-state index in [2.05, 4.69) is 24.3 Å². The van der Waals surface area contributed by atoms with E-state index in [0.717, 1.165) is 29.2 Å². The minimum atomic E-state index is 0.00931. The summed E-state index contributed by atoms with van der Waals surface area (Å²) >= 11 is 0. The van der Waals surface area contributed by atoms with Gasteiger partial charge in [0.2, 0.25) is 5.91 Å². The molecule has 1 saturated carbocycles. The normalized spacial score (nSPS) is 21.2. The zero-order chi connectivity index (χ0) is 17.4. The van der Waals surface area contributed by atoms with Gasteiger partial charge in [-0.25, -0.2) is 0 Å². The van der Waals surface area contributed by atoms with E-state index in [0.29, 0.717) is 31.4 Å². The van der Waals surface area contributed by atoms with Crippen LogP contribution in [0.5, 0.6) is 11.5 Å². The first-order valence-corrected chi connectivity index (χ1v) is 8.74. The summed E-state index contributed by atoms with van der Waals surface area (Å²) in [5, 5.41) is 6.95. The van der Waals surface area contributed by atoms with Gasteiger partial charge in [0, 0.05) is 12.0 Å². The molecular weight excluding hydrogens is 320 g/mol. The molecule has 0 saturated heterocycles. The van der Waals surface area contributed by atoms with Crippen molar-refractivity contribution in [3.63, 3.8) is 0 Å². The van der Waals surface area contributed by atoms with Gasteiger partial charge in [0.05, 0.1) is 12.2 Å². The fourth-order valence-electron chi connectivity index (χ4n) is 3.13. The molecule has 1 aromatic heterocycles. The summed E-state index contributed by atoms with van der Waals surface area (Å²) in [5.41, 5.74) is 2.04. The van der Waals surface area contributed by atoms with E-state index in [1.54, 1.807) is 0 Å². The number of hydrogen-bond donors (Lipinski definition) is 1.